The third-order valence-electron chi connectivity index (χ3n) is 7.33. The van der Waals surface area contributed by atoms with Crippen LogP contribution in [0.3, 0.4) is 0 Å². The Morgan fingerprint density at radius 2 is 1.54 bits per heavy atom. The molecule has 0 bridgehead atoms. The lowest BCUT2D eigenvalue weighted by molar-refractivity contribution is -0.138. The van der Waals surface area contributed by atoms with Crippen molar-refractivity contribution in [2.45, 2.75) is 31.2 Å². The smallest absolute Gasteiger partial charge is 0.243 e. The van der Waals surface area contributed by atoms with Gasteiger partial charge in [0.25, 0.3) is 0 Å². The number of nitrogens with zero attached hydrogens (tertiary/aromatic N) is 3. The Hall–Kier alpha value is -2.74. The van der Waals surface area contributed by atoms with Crippen LogP contribution in [0.2, 0.25) is 0 Å². The number of rotatable bonds is 5. The SMILES string of the molecule is Cc1cccc(CN2CCN(C(=O)C3CCN(S(=O)(=O)c4ccc5ccccc5c4)CC3)CC2)c1. The molecule has 35 heavy (non-hydrogen) atoms. The van der Waals surface area contributed by atoms with Gasteiger partial charge in [0.15, 0.2) is 0 Å². The van der Waals surface area contributed by atoms with Crippen molar-refractivity contribution in [3.63, 3.8) is 0 Å². The quantitative estimate of drug-likeness (QED) is 0.543. The van der Waals surface area contributed by atoms with Crippen molar-refractivity contribution in [1.29, 1.82) is 0 Å². The molecule has 0 N–H and O–H groups in total. The van der Waals surface area contributed by atoms with E-state index < -0.39 is 10.0 Å². The summed E-state index contributed by atoms with van der Waals surface area (Å²) in [6, 6.07) is 21.6. The highest BCUT2D eigenvalue weighted by atomic mass is 32.2. The van der Waals surface area contributed by atoms with E-state index in [0.29, 0.717) is 30.8 Å². The van der Waals surface area contributed by atoms with Crippen LogP contribution in [0.4, 0.5) is 0 Å². The number of amides is 1. The number of fused-ring (bicyclic) bond motifs is 1. The molecule has 3 aromatic carbocycles. The predicted octanol–water partition coefficient (Wildman–Crippen LogP) is 3.89. The number of benzene rings is 3. The van der Waals surface area contributed by atoms with Crippen molar-refractivity contribution in [2.24, 2.45) is 5.92 Å². The van der Waals surface area contributed by atoms with Gasteiger partial charge >= 0.3 is 0 Å². The molecule has 2 heterocycles. The average Bonchev–Trinajstić information content (AvgIpc) is 2.88. The summed E-state index contributed by atoms with van der Waals surface area (Å²) in [5, 5.41) is 1.94. The molecule has 0 aromatic heterocycles. The summed E-state index contributed by atoms with van der Waals surface area (Å²) in [5.41, 5.74) is 2.58. The maximum Gasteiger partial charge on any atom is 0.243 e. The lowest BCUT2D eigenvalue weighted by Gasteiger charge is -2.38. The van der Waals surface area contributed by atoms with Crippen LogP contribution in [0.1, 0.15) is 24.0 Å². The molecule has 184 valence electrons. The first-order valence-corrected chi connectivity index (χ1v) is 13.9. The second kappa shape index (κ2) is 10.1. The van der Waals surface area contributed by atoms with Crippen LogP contribution in [-0.4, -0.2) is 67.7 Å². The van der Waals surface area contributed by atoms with Gasteiger partial charge in [0.2, 0.25) is 15.9 Å². The monoisotopic (exact) mass is 491 g/mol. The summed E-state index contributed by atoms with van der Waals surface area (Å²) in [4.78, 5) is 17.9. The van der Waals surface area contributed by atoms with Gasteiger partial charge in [-0.25, -0.2) is 8.42 Å². The first kappa shape index (κ1) is 24.0. The van der Waals surface area contributed by atoms with E-state index in [9.17, 15) is 13.2 Å². The summed E-state index contributed by atoms with van der Waals surface area (Å²) in [7, 11) is -3.57. The molecular formula is C28H33N3O3S. The van der Waals surface area contributed by atoms with Gasteiger partial charge in [0.05, 0.1) is 4.90 Å². The third kappa shape index (κ3) is 5.27. The van der Waals surface area contributed by atoms with Gasteiger partial charge in [0, 0.05) is 51.7 Å². The zero-order valence-corrected chi connectivity index (χ0v) is 21.1. The Kier molecular flexibility index (Phi) is 6.91. The largest absolute Gasteiger partial charge is 0.340 e. The zero-order chi connectivity index (χ0) is 24.4. The summed E-state index contributed by atoms with van der Waals surface area (Å²) in [5.74, 6) is 0.0873. The highest BCUT2D eigenvalue weighted by Gasteiger charge is 2.34. The standard InChI is InChI=1S/C28H33N3O3S/c1-22-5-4-6-23(19-22)21-29-15-17-30(18-16-29)28(32)25-11-13-31(14-12-25)35(33,34)27-10-9-24-7-2-3-8-26(24)20-27/h2-10,19-20,25H,11-18,21H2,1H3. The van der Waals surface area contributed by atoms with Gasteiger partial charge in [-0.1, -0.05) is 60.2 Å². The molecule has 1 amide bonds. The average molecular weight is 492 g/mol. The minimum Gasteiger partial charge on any atom is -0.340 e. The van der Waals surface area contributed by atoms with Crippen LogP contribution in [-0.2, 0) is 21.4 Å². The zero-order valence-electron chi connectivity index (χ0n) is 20.3. The van der Waals surface area contributed by atoms with Crippen molar-refractivity contribution >= 4 is 26.7 Å². The number of piperazine rings is 1. The van der Waals surface area contributed by atoms with E-state index in [1.165, 1.54) is 11.1 Å². The van der Waals surface area contributed by atoms with E-state index in [0.717, 1.165) is 43.5 Å². The Balaban J connectivity index is 1.15. The lowest BCUT2D eigenvalue weighted by atomic mass is 9.96. The minimum absolute atomic E-state index is 0.0959. The number of hydrogen-bond acceptors (Lipinski definition) is 4. The Bertz CT molecular complexity index is 1310. The van der Waals surface area contributed by atoms with Crippen LogP contribution in [0, 0.1) is 12.8 Å². The number of piperidine rings is 1. The number of carbonyl (C=O) groups is 1. The Morgan fingerprint density at radius 1 is 0.829 bits per heavy atom. The third-order valence-corrected chi connectivity index (χ3v) is 9.23. The molecule has 0 unspecified atom stereocenters. The fourth-order valence-corrected chi connectivity index (χ4v) is 6.78. The maximum absolute atomic E-state index is 13.2. The van der Waals surface area contributed by atoms with Crippen molar-refractivity contribution in [3.8, 4) is 0 Å². The van der Waals surface area contributed by atoms with Gasteiger partial charge in [-0.3, -0.25) is 9.69 Å². The van der Waals surface area contributed by atoms with Crippen LogP contribution in [0.25, 0.3) is 10.8 Å². The van der Waals surface area contributed by atoms with E-state index in [1.807, 2.05) is 35.2 Å². The fourth-order valence-electron chi connectivity index (χ4n) is 5.27. The first-order chi connectivity index (χ1) is 16.9. The highest BCUT2D eigenvalue weighted by molar-refractivity contribution is 7.89. The molecule has 6 nitrogen and oxygen atoms in total. The second-order valence-corrected chi connectivity index (χ2v) is 11.7. The predicted molar refractivity (Wildman–Crippen MR) is 138 cm³/mol. The number of sulfonamides is 1. The second-order valence-electron chi connectivity index (χ2n) is 9.78. The normalized spacial score (nSPS) is 18.7. The molecule has 2 aliphatic rings. The molecule has 5 rings (SSSR count). The van der Waals surface area contributed by atoms with E-state index >= 15 is 0 Å². The summed E-state index contributed by atoms with van der Waals surface area (Å²) in [6.45, 7) is 7.01. The van der Waals surface area contributed by atoms with Gasteiger partial charge in [-0.05, 0) is 48.2 Å². The van der Waals surface area contributed by atoms with Crippen molar-refractivity contribution in [2.75, 3.05) is 39.3 Å². The lowest BCUT2D eigenvalue weighted by Crippen LogP contribution is -2.51. The van der Waals surface area contributed by atoms with Gasteiger partial charge in [0.1, 0.15) is 0 Å². The molecule has 3 aromatic rings. The van der Waals surface area contributed by atoms with Crippen LogP contribution in [0.15, 0.2) is 71.6 Å². The van der Waals surface area contributed by atoms with Gasteiger partial charge in [-0.15, -0.1) is 0 Å². The molecule has 0 atom stereocenters. The summed E-state index contributed by atoms with van der Waals surface area (Å²) in [6.07, 6.45) is 1.16. The summed E-state index contributed by atoms with van der Waals surface area (Å²) < 4.78 is 28.0. The van der Waals surface area contributed by atoms with E-state index in [1.54, 1.807) is 16.4 Å². The number of aryl methyl sites for hydroxylation is 1. The molecule has 2 aliphatic heterocycles. The van der Waals surface area contributed by atoms with Crippen LogP contribution < -0.4 is 0 Å². The molecule has 2 fully saturated rings. The van der Waals surface area contributed by atoms with E-state index in [-0.39, 0.29) is 11.8 Å². The number of carbonyl (C=O) groups excluding carboxylic acids is 1. The first-order valence-electron chi connectivity index (χ1n) is 12.5. The van der Waals surface area contributed by atoms with Crippen molar-refractivity contribution in [3.05, 3.63) is 77.9 Å². The fraction of sp³-hybridized carbons (Fsp3) is 0.393. The summed E-state index contributed by atoms with van der Waals surface area (Å²) >= 11 is 0. The van der Waals surface area contributed by atoms with Gasteiger partial charge < -0.3 is 4.90 Å². The molecule has 0 saturated carbocycles. The topological polar surface area (TPSA) is 60.9 Å². The maximum atomic E-state index is 13.2. The van der Waals surface area contributed by atoms with Crippen molar-refractivity contribution in [1.82, 2.24) is 14.1 Å². The number of hydrogen-bond donors (Lipinski definition) is 0. The highest BCUT2D eigenvalue weighted by Crippen LogP contribution is 2.27. The molecule has 7 heteroatoms. The Morgan fingerprint density at radius 3 is 2.26 bits per heavy atom. The van der Waals surface area contributed by atoms with E-state index in [2.05, 4.69) is 36.1 Å². The van der Waals surface area contributed by atoms with E-state index in [4.69, 9.17) is 0 Å². The molecule has 2 saturated heterocycles. The molecule has 0 spiro atoms. The minimum atomic E-state index is -3.57. The van der Waals surface area contributed by atoms with Crippen LogP contribution in [0.5, 0.6) is 0 Å². The van der Waals surface area contributed by atoms with Crippen molar-refractivity contribution < 1.29 is 13.2 Å². The molecular weight excluding hydrogens is 458 g/mol. The van der Waals surface area contributed by atoms with Gasteiger partial charge in [-0.2, -0.15) is 4.31 Å². The molecule has 0 radical (unpaired) electrons. The molecule has 0 aliphatic carbocycles. The Labute approximate surface area is 208 Å². The van der Waals surface area contributed by atoms with Crippen LogP contribution >= 0.6 is 0 Å².